The van der Waals surface area contributed by atoms with E-state index in [-0.39, 0.29) is 0 Å². The standard InChI is InChI=1S/C8H14IN/c1-2-10-8-5-3-7(9)4-6-8/h5,7,10H,2-4,6H2,1H3. The minimum Gasteiger partial charge on any atom is -0.389 e. The van der Waals surface area contributed by atoms with Gasteiger partial charge in [-0.1, -0.05) is 28.7 Å². The molecule has 0 spiro atoms. The SMILES string of the molecule is CCNC1=CCC(I)CC1. The van der Waals surface area contributed by atoms with Gasteiger partial charge in [-0.25, -0.2) is 0 Å². The van der Waals surface area contributed by atoms with Crippen LogP contribution in [0.2, 0.25) is 0 Å². The highest BCUT2D eigenvalue weighted by atomic mass is 127. The number of hydrogen-bond acceptors (Lipinski definition) is 1. The van der Waals surface area contributed by atoms with Gasteiger partial charge in [0.25, 0.3) is 0 Å². The van der Waals surface area contributed by atoms with Crippen LogP contribution in [0.1, 0.15) is 26.2 Å². The van der Waals surface area contributed by atoms with Gasteiger partial charge in [-0.2, -0.15) is 0 Å². The Kier molecular flexibility index (Phi) is 3.52. The Morgan fingerprint density at radius 2 is 2.60 bits per heavy atom. The van der Waals surface area contributed by atoms with Crippen molar-refractivity contribution in [3.05, 3.63) is 11.8 Å². The molecular formula is C8H14IN. The number of nitrogens with one attached hydrogen (secondary N) is 1. The Labute approximate surface area is 76.4 Å². The van der Waals surface area contributed by atoms with Crippen LogP contribution in [-0.2, 0) is 0 Å². The molecule has 0 aromatic heterocycles. The minimum atomic E-state index is 0.875. The van der Waals surface area contributed by atoms with Crippen LogP contribution < -0.4 is 5.32 Å². The maximum absolute atomic E-state index is 3.36. The molecule has 1 atom stereocenters. The van der Waals surface area contributed by atoms with Crippen molar-refractivity contribution in [3.63, 3.8) is 0 Å². The molecule has 0 heterocycles. The van der Waals surface area contributed by atoms with Crippen molar-refractivity contribution in [2.24, 2.45) is 0 Å². The average Bonchev–Trinajstić information content (AvgIpc) is 1.95. The van der Waals surface area contributed by atoms with Crippen molar-refractivity contribution in [3.8, 4) is 0 Å². The van der Waals surface area contributed by atoms with Gasteiger partial charge in [0.2, 0.25) is 0 Å². The van der Waals surface area contributed by atoms with Crippen LogP contribution in [0.15, 0.2) is 11.8 Å². The van der Waals surface area contributed by atoms with Crippen molar-refractivity contribution in [2.45, 2.75) is 30.1 Å². The monoisotopic (exact) mass is 251 g/mol. The van der Waals surface area contributed by atoms with E-state index in [4.69, 9.17) is 0 Å². The van der Waals surface area contributed by atoms with E-state index in [1.165, 1.54) is 25.0 Å². The predicted molar refractivity (Wildman–Crippen MR) is 53.4 cm³/mol. The smallest absolute Gasteiger partial charge is 0.0149 e. The van der Waals surface area contributed by atoms with Gasteiger partial charge >= 0.3 is 0 Å². The number of allylic oxidation sites excluding steroid dienone is 2. The van der Waals surface area contributed by atoms with E-state index in [0.29, 0.717) is 0 Å². The van der Waals surface area contributed by atoms with Crippen LogP contribution in [0.5, 0.6) is 0 Å². The average molecular weight is 251 g/mol. The van der Waals surface area contributed by atoms with E-state index >= 15 is 0 Å². The first-order chi connectivity index (χ1) is 4.83. The second-order valence-electron chi connectivity index (χ2n) is 2.63. The van der Waals surface area contributed by atoms with E-state index < -0.39 is 0 Å². The summed E-state index contributed by atoms with van der Waals surface area (Å²) >= 11 is 2.52. The molecular weight excluding hydrogens is 237 g/mol. The molecule has 0 saturated heterocycles. The highest BCUT2D eigenvalue weighted by molar-refractivity contribution is 14.1. The Morgan fingerprint density at radius 1 is 1.80 bits per heavy atom. The summed E-state index contributed by atoms with van der Waals surface area (Å²) in [5, 5.41) is 3.36. The van der Waals surface area contributed by atoms with E-state index in [1.54, 1.807) is 0 Å². The summed E-state index contributed by atoms with van der Waals surface area (Å²) < 4.78 is 0.875. The van der Waals surface area contributed by atoms with E-state index in [2.05, 4.69) is 40.9 Å². The molecule has 0 aromatic rings. The summed E-state index contributed by atoms with van der Waals surface area (Å²) in [6.45, 7) is 3.22. The largest absolute Gasteiger partial charge is 0.389 e. The Hall–Kier alpha value is 0.270. The number of rotatable bonds is 2. The zero-order valence-corrected chi connectivity index (χ0v) is 8.52. The molecule has 1 aliphatic rings. The highest BCUT2D eigenvalue weighted by Crippen LogP contribution is 2.22. The van der Waals surface area contributed by atoms with E-state index in [0.717, 1.165) is 10.5 Å². The lowest BCUT2D eigenvalue weighted by Crippen LogP contribution is -2.16. The molecule has 0 radical (unpaired) electrons. The Morgan fingerprint density at radius 3 is 3.10 bits per heavy atom. The molecule has 10 heavy (non-hydrogen) atoms. The van der Waals surface area contributed by atoms with E-state index in [1.807, 2.05) is 0 Å². The van der Waals surface area contributed by atoms with Gasteiger partial charge < -0.3 is 5.32 Å². The van der Waals surface area contributed by atoms with Gasteiger partial charge in [0.1, 0.15) is 0 Å². The Balaban J connectivity index is 2.33. The van der Waals surface area contributed by atoms with Gasteiger partial charge in [-0.15, -0.1) is 0 Å². The summed E-state index contributed by atoms with van der Waals surface area (Å²) in [6.07, 6.45) is 6.19. The minimum absolute atomic E-state index is 0.875. The lowest BCUT2D eigenvalue weighted by atomic mass is 10.1. The van der Waals surface area contributed by atoms with Crippen LogP contribution in [0.4, 0.5) is 0 Å². The number of alkyl halides is 1. The van der Waals surface area contributed by atoms with Gasteiger partial charge in [0.05, 0.1) is 0 Å². The molecule has 0 aromatic carbocycles. The number of hydrogen-bond donors (Lipinski definition) is 1. The van der Waals surface area contributed by atoms with Crippen molar-refractivity contribution in [1.29, 1.82) is 0 Å². The first-order valence-electron chi connectivity index (χ1n) is 3.90. The van der Waals surface area contributed by atoms with Crippen LogP contribution in [-0.4, -0.2) is 10.5 Å². The van der Waals surface area contributed by atoms with Crippen LogP contribution in [0.3, 0.4) is 0 Å². The van der Waals surface area contributed by atoms with Gasteiger partial charge in [-0.3, -0.25) is 0 Å². The zero-order chi connectivity index (χ0) is 7.40. The third kappa shape index (κ3) is 2.48. The second-order valence-corrected chi connectivity index (χ2v) is 4.39. The van der Waals surface area contributed by atoms with Gasteiger partial charge in [0, 0.05) is 16.2 Å². The first kappa shape index (κ1) is 8.37. The summed E-state index contributed by atoms with van der Waals surface area (Å²) in [6, 6.07) is 0. The zero-order valence-electron chi connectivity index (χ0n) is 6.36. The summed E-state index contributed by atoms with van der Waals surface area (Å²) in [7, 11) is 0. The summed E-state index contributed by atoms with van der Waals surface area (Å²) in [4.78, 5) is 0. The maximum Gasteiger partial charge on any atom is 0.0149 e. The number of halogens is 1. The van der Waals surface area contributed by atoms with Crippen molar-refractivity contribution >= 4 is 22.6 Å². The fourth-order valence-electron chi connectivity index (χ4n) is 1.19. The molecule has 0 amide bonds. The molecule has 0 fully saturated rings. The quantitative estimate of drug-likeness (QED) is 0.587. The molecule has 58 valence electrons. The fourth-order valence-corrected chi connectivity index (χ4v) is 1.76. The highest BCUT2D eigenvalue weighted by Gasteiger charge is 2.09. The van der Waals surface area contributed by atoms with Crippen LogP contribution in [0.25, 0.3) is 0 Å². The lowest BCUT2D eigenvalue weighted by Gasteiger charge is -2.17. The van der Waals surface area contributed by atoms with Gasteiger partial charge in [-0.05, 0) is 26.2 Å². The molecule has 1 nitrogen and oxygen atoms in total. The third-order valence-electron chi connectivity index (χ3n) is 1.75. The van der Waals surface area contributed by atoms with Crippen molar-refractivity contribution in [2.75, 3.05) is 6.54 Å². The molecule has 0 saturated carbocycles. The first-order valence-corrected chi connectivity index (χ1v) is 5.14. The Bertz CT molecular complexity index is 131. The molecule has 1 N–H and O–H groups in total. The predicted octanol–water partition coefficient (Wildman–Crippen LogP) is 2.47. The second kappa shape index (κ2) is 4.21. The molecule has 0 aliphatic heterocycles. The van der Waals surface area contributed by atoms with Crippen LogP contribution in [0, 0.1) is 0 Å². The molecule has 1 unspecified atom stereocenters. The van der Waals surface area contributed by atoms with Crippen LogP contribution >= 0.6 is 22.6 Å². The topological polar surface area (TPSA) is 12.0 Å². The summed E-state index contributed by atoms with van der Waals surface area (Å²) in [5.41, 5.74) is 1.45. The molecule has 1 rings (SSSR count). The maximum atomic E-state index is 3.36. The lowest BCUT2D eigenvalue weighted by molar-refractivity contribution is 0.673. The fraction of sp³-hybridized carbons (Fsp3) is 0.750. The van der Waals surface area contributed by atoms with E-state index in [9.17, 15) is 0 Å². The third-order valence-corrected chi connectivity index (χ3v) is 2.88. The molecule has 0 bridgehead atoms. The molecule has 2 heteroatoms. The van der Waals surface area contributed by atoms with Crippen molar-refractivity contribution in [1.82, 2.24) is 5.32 Å². The molecule has 1 aliphatic carbocycles. The van der Waals surface area contributed by atoms with Gasteiger partial charge in [0.15, 0.2) is 0 Å². The summed E-state index contributed by atoms with van der Waals surface area (Å²) in [5.74, 6) is 0. The normalized spacial score (nSPS) is 25.8. The van der Waals surface area contributed by atoms with Crippen molar-refractivity contribution < 1.29 is 0 Å².